The topological polar surface area (TPSA) is 96.9 Å². The van der Waals surface area contributed by atoms with Gasteiger partial charge in [0.15, 0.2) is 0 Å². The van der Waals surface area contributed by atoms with Gasteiger partial charge < -0.3 is 19.9 Å². The summed E-state index contributed by atoms with van der Waals surface area (Å²) >= 11 is 6.28. The molecule has 0 aliphatic rings. The molecule has 0 saturated carbocycles. The molecule has 0 saturated heterocycles. The van der Waals surface area contributed by atoms with Crippen LogP contribution in [0.4, 0.5) is 4.39 Å². The highest BCUT2D eigenvalue weighted by atomic mass is 35.5. The van der Waals surface area contributed by atoms with Gasteiger partial charge in [0.25, 0.3) is 0 Å². The summed E-state index contributed by atoms with van der Waals surface area (Å²) in [6, 6.07) is 7.31. The highest BCUT2D eigenvalue weighted by Crippen LogP contribution is 2.29. The standard InChI is InChI=1S/C22H26ClFN2O5/c1-12(25-13(2)21(27)26-14(3)22(28)29)18-9-15(24)10-20(23)19(18)11-31-17-7-5-16(30-4)6-8-17/h5-10,12-14,25H,11H2,1-4H3,(H,26,27)(H,28,29). The minimum Gasteiger partial charge on any atom is -0.497 e. The van der Waals surface area contributed by atoms with E-state index in [2.05, 4.69) is 10.6 Å². The molecule has 0 spiro atoms. The first kappa shape index (κ1) is 24.4. The molecule has 0 aliphatic carbocycles. The second-order valence-corrected chi connectivity index (χ2v) is 7.51. The van der Waals surface area contributed by atoms with Crippen molar-refractivity contribution in [2.45, 2.75) is 45.5 Å². The first-order valence-electron chi connectivity index (χ1n) is 9.66. The van der Waals surface area contributed by atoms with E-state index in [0.29, 0.717) is 22.6 Å². The average molecular weight is 453 g/mol. The fourth-order valence-electron chi connectivity index (χ4n) is 2.93. The van der Waals surface area contributed by atoms with Crippen molar-refractivity contribution in [1.82, 2.24) is 10.6 Å². The number of halogens is 2. The summed E-state index contributed by atoms with van der Waals surface area (Å²) in [5, 5.41) is 14.6. The van der Waals surface area contributed by atoms with Crippen molar-refractivity contribution in [3.05, 3.63) is 58.4 Å². The lowest BCUT2D eigenvalue weighted by atomic mass is 10.0. The first-order chi connectivity index (χ1) is 14.6. The monoisotopic (exact) mass is 452 g/mol. The molecule has 0 aliphatic heterocycles. The third kappa shape index (κ3) is 6.83. The van der Waals surface area contributed by atoms with Crippen LogP contribution in [0.5, 0.6) is 11.5 Å². The van der Waals surface area contributed by atoms with Crippen molar-refractivity contribution in [1.29, 1.82) is 0 Å². The number of nitrogens with one attached hydrogen (secondary N) is 2. The number of aliphatic carboxylic acids is 1. The smallest absolute Gasteiger partial charge is 0.325 e. The number of amides is 1. The highest BCUT2D eigenvalue weighted by Gasteiger charge is 2.23. The van der Waals surface area contributed by atoms with E-state index >= 15 is 0 Å². The Morgan fingerprint density at radius 3 is 2.29 bits per heavy atom. The summed E-state index contributed by atoms with van der Waals surface area (Å²) < 4.78 is 25.0. The van der Waals surface area contributed by atoms with Crippen LogP contribution in [0.25, 0.3) is 0 Å². The van der Waals surface area contributed by atoms with Crippen molar-refractivity contribution in [3.63, 3.8) is 0 Å². The van der Waals surface area contributed by atoms with Crippen LogP contribution in [0.1, 0.15) is 37.9 Å². The number of methoxy groups -OCH3 is 1. The molecule has 2 aromatic rings. The molecule has 3 N–H and O–H groups in total. The number of benzene rings is 2. The van der Waals surface area contributed by atoms with Gasteiger partial charge in [0.05, 0.1) is 18.2 Å². The lowest BCUT2D eigenvalue weighted by molar-refractivity contribution is -0.141. The zero-order valence-corrected chi connectivity index (χ0v) is 18.5. The summed E-state index contributed by atoms with van der Waals surface area (Å²) in [6.45, 7) is 4.81. The number of hydrogen-bond acceptors (Lipinski definition) is 5. The van der Waals surface area contributed by atoms with Crippen molar-refractivity contribution in [2.75, 3.05) is 7.11 Å². The van der Waals surface area contributed by atoms with Crippen LogP contribution < -0.4 is 20.1 Å². The van der Waals surface area contributed by atoms with Gasteiger partial charge in [-0.25, -0.2) is 4.39 Å². The molecular formula is C22H26ClFN2O5. The Kier molecular flexibility index (Phi) is 8.65. The summed E-state index contributed by atoms with van der Waals surface area (Å²) in [5.74, 6) is -0.861. The number of ether oxygens (including phenoxy) is 2. The molecule has 0 radical (unpaired) electrons. The van der Waals surface area contributed by atoms with Crippen molar-refractivity contribution in [2.24, 2.45) is 0 Å². The van der Waals surface area contributed by atoms with Gasteiger partial charge in [-0.1, -0.05) is 11.6 Å². The van der Waals surface area contributed by atoms with Gasteiger partial charge in [-0.2, -0.15) is 0 Å². The Labute approximate surface area is 185 Å². The van der Waals surface area contributed by atoms with Crippen molar-refractivity contribution < 1.29 is 28.6 Å². The van der Waals surface area contributed by atoms with Crippen LogP contribution in [0.15, 0.2) is 36.4 Å². The van der Waals surface area contributed by atoms with Gasteiger partial charge in [-0.15, -0.1) is 0 Å². The van der Waals surface area contributed by atoms with E-state index in [9.17, 15) is 14.0 Å². The molecule has 0 aromatic heterocycles. The van der Waals surface area contributed by atoms with Crippen LogP contribution in [0.2, 0.25) is 5.02 Å². The summed E-state index contributed by atoms with van der Waals surface area (Å²) in [6.07, 6.45) is 0. The van der Waals surface area contributed by atoms with Gasteiger partial charge in [0, 0.05) is 11.6 Å². The second-order valence-electron chi connectivity index (χ2n) is 7.10. The fourth-order valence-corrected chi connectivity index (χ4v) is 3.20. The largest absolute Gasteiger partial charge is 0.497 e. The highest BCUT2D eigenvalue weighted by molar-refractivity contribution is 6.31. The molecule has 0 bridgehead atoms. The number of carboxylic acids is 1. The Bertz CT molecular complexity index is 923. The van der Waals surface area contributed by atoms with Crippen molar-refractivity contribution >= 4 is 23.5 Å². The Balaban J connectivity index is 2.14. The SMILES string of the molecule is COc1ccc(OCc2c(Cl)cc(F)cc2C(C)NC(C)C(=O)NC(C)C(=O)O)cc1. The van der Waals surface area contributed by atoms with Crippen LogP contribution in [-0.4, -0.2) is 36.2 Å². The number of rotatable bonds is 10. The van der Waals surface area contributed by atoms with Gasteiger partial charge in [0.1, 0.15) is 30.0 Å². The van der Waals surface area contributed by atoms with Crippen LogP contribution in [0.3, 0.4) is 0 Å². The maximum absolute atomic E-state index is 14.1. The fraction of sp³-hybridized carbons (Fsp3) is 0.364. The summed E-state index contributed by atoms with van der Waals surface area (Å²) in [7, 11) is 1.57. The average Bonchev–Trinajstić information content (AvgIpc) is 2.72. The summed E-state index contributed by atoms with van der Waals surface area (Å²) in [4.78, 5) is 23.2. The molecule has 2 aromatic carbocycles. The van der Waals surface area contributed by atoms with E-state index in [1.165, 1.54) is 19.1 Å². The molecule has 31 heavy (non-hydrogen) atoms. The molecule has 3 unspecified atom stereocenters. The summed E-state index contributed by atoms with van der Waals surface area (Å²) in [5.41, 5.74) is 1.11. The number of carboxylic acid groups (broad SMARTS) is 1. The zero-order chi connectivity index (χ0) is 23.1. The predicted molar refractivity (Wildman–Crippen MR) is 115 cm³/mol. The normalized spacial score (nSPS) is 13.7. The van der Waals surface area contributed by atoms with Gasteiger partial charge in [-0.05, 0) is 62.7 Å². The molecule has 9 heteroatoms. The Morgan fingerprint density at radius 1 is 1.10 bits per heavy atom. The maximum Gasteiger partial charge on any atom is 0.325 e. The van der Waals surface area contributed by atoms with Gasteiger partial charge >= 0.3 is 5.97 Å². The van der Waals surface area contributed by atoms with E-state index in [-0.39, 0.29) is 11.6 Å². The van der Waals surface area contributed by atoms with Crippen LogP contribution in [0, 0.1) is 5.82 Å². The van der Waals surface area contributed by atoms with Crippen molar-refractivity contribution in [3.8, 4) is 11.5 Å². The first-order valence-corrected chi connectivity index (χ1v) is 10.0. The third-order valence-electron chi connectivity index (χ3n) is 4.73. The van der Waals surface area contributed by atoms with Crippen LogP contribution in [-0.2, 0) is 16.2 Å². The minimum atomic E-state index is -1.14. The number of carbonyl (C=O) groups excluding carboxylic acids is 1. The molecule has 2 rings (SSSR count). The molecule has 7 nitrogen and oxygen atoms in total. The molecule has 3 atom stereocenters. The van der Waals surface area contributed by atoms with Gasteiger partial charge in [-0.3, -0.25) is 14.9 Å². The Hall–Kier alpha value is -2.84. The molecule has 0 fully saturated rings. The number of hydrogen-bond donors (Lipinski definition) is 3. The third-order valence-corrected chi connectivity index (χ3v) is 5.06. The Morgan fingerprint density at radius 2 is 1.71 bits per heavy atom. The van der Waals surface area contributed by atoms with E-state index in [1.54, 1.807) is 45.2 Å². The van der Waals surface area contributed by atoms with E-state index in [0.717, 1.165) is 0 Å². The number of carbonyl (C=O) groups is 2. The van der Waals surface area contributed by atoms with E-state index in [4.69, 9.17) is 26.2 Å². The molecule has 168 valence electrons. The van der Waals surface area contributed by atoms with Gasteiger partial charge in [0.2, 0.25) is 5.91 Å². The predicted octanol–water partition coefficient (Wildman–Crippen LogP) is 3.70. The van der Waals surface area contributed by atoms with Crippen LogP contribution >= 0.6 is 11.6 Å². The van der Waals surface area contributed by atoms with E-state index in [1.807, 2.05) is 0 Å². The zero-order valence-electron chi connectivity index (χ0n) is 17.7. The molecular weight excluding hydrogens is 427 g/mol. The lowest BCUT2D eigenvalue weighted by Crippen LogP contribution is -2.48. The quantitative estimate of drug-likeness (QED) is 0.508. The molecule has 0 heterocycles. The maximum atomic E-state index is 14.1. The van der Waals surface area contributed by atoms with E-state index < -0.39 is 35.8 Å². The molecule has 1 amide bonds. The lowest BCUT2D eigenvalue weighted by Gasteiger charge is -2.23. The second kappa shape index (κ2) is 11.0. The minimum absolute atomic E-state index is 0.0867.